The highest BCUT2D eigenvalue weighted by Gasteiger charge is 2.30. The third-order valence-electron chi connectivity index (χ3n) is 2.55. The lowest BCUT2D eigenvalue weighted by Gasteiger charge is -2.18. The van der Waals surface area contributed by atoms with Crippen LogP contribution in [0, 0.1) is 0 Å². The number of hydrogen-bond donors (Lipinski definition) is 2. The number of benzene rings is 1. The van der Waals surface area contributed by atoms with E-state index in [0.717, 1.165) is 13.0 Å². The van der Waals surface area contributed by atoms with E-state index < -0.39 is 40.8 Å². The van der Waals surface area contributed by atoms with E-state index in [9.17, 15) is 23.5 Å². The number of ketones is 1. The summed E-state index contributed by atoms with van der Waals surface area (Å²) < 4.78 is 25.7. The maximum atomic E-state index is 12.9. The van der Waals surface area contributed by atoms with Crippen molar-refractivity contribution in [2.24, 2.45) is 0 Å². The van der Waals surface area contributed by atoms with E-state index >= 15 is 0 Å². The lowest BCUT2D eigenvalue weighted by atomic mass is 9.93. The van der Waals surface area contributed by atoms with Gasteiger partial charge in [-0.3, -0.25) is 4.79 Å². The number of alkyl halides is 3. The van der Waals surface area contributed by atoms with E-state index in [0.29, 0.717) is 0 Å². The Morgan fingerprint density at radius 3 is 2.21 bits per heavy atom. The van der Waals surface area contributed by atoms with Crippen LogP contribution in [-0.4, -0.2) is 22.0 Å². The van der Waals surface area contributed by atoms with Crippen molar-refractivity contribution in [3.63, 3.8) is 0 Å². The number of carbonyl (C=O) groups excluding carboxylic acids is 1. The summed E-state index contributed by atoms with van der Waals surface area (Å²) in [4.78, 5) is 22.0. The maximum Gasteiger partial charge on any atom is 0.337 e. The van der Waals surface area contributed by atoms with Crippen molar-refractivity contribution in [2.45, 2.75) is 24.8 Å². The summed E-state index contributed by atoms with van der Waals surface area (Å²) in [7, 11) is 0. The van der Waals surface area contributed by atoms with Crippen LogP contribution in [0.1, 0.15) is 41.5 Å². The van der Waals surface area contributed by atoms with Crippen molar-refractivity contribution in [3.05, 3.63) is 34.9 Å². The summed E-state index contributed by atoms with van der Waals surface area (Å²) in [6.45, 7) is 1.14. The Balaban J connectivity index is 3.50. The smallest absolute Gasteiger partial charge is 0.337 e. The molecule has 0 fully saturated rings. The number of carboxylic acid groups (broad SMARTS) is 1. The minimum atomic E-state index is -2.99. The van der Waals surface area contributed by atoms with Gasteiger partial charge in [0.1, 0.15) is 5.38 Å². The molecule has 7 heteroatoms. The second-order valence-electron chi connectivity index (χ2n) is 3.86. The predicted octanol–water partition coefficient (Wildman–Crippen LogP) is 2.61. The number of Topliss-reactive ketones (excluding diaryl/α,β-unsaturated/α-hetero) is 1. The topological polar surface area (TPSA) is 74.6 Å². The number of hydrogen-bond acceptors (Lipinski definition) is 3. The number of aliphatic hydroxyl groups excluding tert-OH is 1. The van der Waals surface area contributed by atoms with Gasteiger partial charge >= 0.3 is 5.97 Å². The second-order valence-corrected chi connectivity index (χ2v) is 4.30. The molecule has 0 saturated heterocycles. The van der Waals surface area contributed by atoms with Crippen molar-refractivity contribution in [1.29, 1.82) is 0 Å². The van der Waals surface area contributed by atoms with Crippen molar-refractivity contribution < 1.29 is 28.6 Å². The van der Waals surface area contributed by atoms with E-state index in [1.165, 1.54) is 12.1 Å². The third-order valence-corrected chi connectivity index (χ3v) is 3.09. The molecule has 0 aliphatic rings. The first kappa shape index (κ1) is 15.5. The van der Waals surface area contributed by atoms with Crippen LogP contribution in [0.5, 0.6) is 0 Å². The van der Waals surface area contributed by atoms with Crippen LogP contribution in [0.4, 0.5) is 8.78 Å². The molecule has 1 aromatic rings. The minimum absolute atomic E-state index is 0.123. The first-order valence-electron chi connectivity index (χ1n) is 5.23. The number of halogens is 3. The van der Waals surface area contributed by atoms with Gasteiger partial charge in [0.25, 0.3) is 6.43 Å². The molecular formula is C12H11ClF2O4. The fourth-order valence-electron chi connectivity index (χ4n) is 1.67. The van der Waals surface area contributed by atoms with Crippen LogP contribution < -0.4 is 0 Å². The molecule has 4 nitrogen and oxygen atoms in total. The SMILES string of the molecule is CC(=O)C(Cl)c1cccc(C(F)F)c1C(O)C(=O)O. The molecule has 0 spiro atoms. The summed E-state index contributed by atoms with van der Waals surface area (Å²) in [5.74, 6) is -2.23. The molecule has 1 aromatic carbocycles. The number of aliphatic hydroxyl groups is 1. The molecule has 0 heterocycles. The van der Waals surface area contributed by atoms with Gasteiger partial charge in [-0.15, -0.1) is 11.6 Å². The van der Waals surface area contributed by atoms with Crippen LogP contribution in [0.25, 0.3) is 0 Å². The molecule has 0 amide bonds. The molecule has 104 valence electrons. The van der Waals surface area contributed by atoms with E-state index in [-0.39, 0.29) is 5.56 Å². The zero-order valence-corrected chi connectivity index (χ0v) is 10.6. The first-order valence-corrected chi connectivity index (χ1v) is 5.67. The lowest BCUT2D eigenvalue weighted by molar-refractivity contribution is -0.147. The highest BCUT2D eigenvalue weighted by molar-refractivity contribution is 6.31. The average Bonchev–Trinajstić information content (AvgIpc) is 2.35. The van der Waals surface area contributed by atoms with Gasteiger partial charge in [0.15, 0.2) is 11.9 Å². The molecule has 2 N–H and O–H groups in total. The highest BCUT2D eigenvalue weighted by atomic mass is 35.5. The Labute approximate surface area is 112 Å². The Morgan fingerprint density at radius 1 is 1.26 bits per heavy atom. The molecule has 19 heavy (non-hydrogen) atoms. The molecule has 0 aliphatic heterocycles. The Bertz CT molecular complexity index is 505. The fraction of sp³-hybridized carbons (Fsp3) is 0.333. The van der Waals surface area contributed by atoms with Crippen LogP contribution in [-0.2, 0) is 9.59 Å². The van der Waals surface area contributed by atoms with E-state index in [4.69, 9.17) is 16.7 Å². The molecule has 2 unspecified atom stereocenters. The molecule has 0 aliphatic carbocycles. The van der Waals surface area contributed by atoms with Gasteiger partial charge in [0.2, 0.25) is 0 Å². The molecule has 2 atom stereocenters. The molecular weight excluding hydrogens is 282 g/mol. The second kappa shape index (κ2) is 6.08. The molecule has 0 bridgehead atoms. The largest absolute Gasteiger partial charge is 0.479 e. The molecule has 0 aromatic heterocycles. The van der Waals surface area contributed by atoms with E-state index in [2.05, 4.69) is 0 Å². The predicted molar refractivity (Wildman–Crippen MR) is 63.3 cm³/mol. The number of carbonyl (C=O) groups is 2. The van der Waals surface area contributed by atoms with Gasteiger partial charge in [-0.1, -0.05) is 18.2 Å². The Hall–Kier alpha value is -1.53. The van der Waals surface area contributed by atoms with Crippen molar-refractivity contribution >= 4 is 23.4 Å². The number of aliphatic carboxylic acids is 1. The van der Waals surface area contributed by atoms with E-state index in [1.807, 2.05) is 0 Å². The summed E-state index contributed by atoms with van der Waals surface area (Å²) >= 11 is 5.77. The van der Waals surface area contributed by atoms with Crippen LogP contribution in [0.15, 0.2) is 18.2 Å². The zero-order valence-electron chi connectivity index (χ0n) is 9.81. The van der Waals surface area contributed by atoms with Crippen LogP contribution in [0.2, 0.25) is 0 Å². The van der Waals surface area contributed by atoms with Gasteiger partial charge in [0, 0.05) is 11.1 Å². The normalized spacial score (nSPS) is 14.2. The van der Waals surface area contributed by atoms with Gasteiger partial charge in [-0.05, 0) is 12.5 Å². The standard InChI is InChI=1S/C12H11ClF2O4/c1-5(16)9(13)6-3-2-4-7(11(14)15)8(6)10(17)12(18)19/h2-4,9-11,17H,1H3,(H,18,19). The zero-order chi connectivity index (χ0) is 14.7. The average molecular weight is 293 g/mol. The summed E-state index contributed by atoms with van der Waals surface area (Å²) in [6.07, 6.45) is -5.15. The van der Waals surface area contributed by atoms with Crippen LogP contribution in [0.3, 0.4) is 0 Å². The van der Waals surface area contributed by atoms with Crippen molar-refractivity contribution in [2.75, 3.05) is 0 Å². The van der Waals surface area contributed by atoms with Gasteiger partial charge in [-0.25, -0.2) is 13.6 Å². The third kappa shape index (κ3) is 3.27. The van der Waals surface area contributed by atoms with Crippen molar-refractivity contribution in [3.8, 4) is 0 Å². The quantitative estimate of drug-likeness (QED) is 0.818. The van der Waals surface area contributed by atoms with Gasteiger partial charge in [0.05, 0.1) is 0 Å². The van der Waals surface area contributed by atoms with Crippen molar-refractivity contribution in [1.82, 2.24) is 0 Å². The maximum absolute atomic E-state index is 12.9. The monoisotopic (exact) mass is 292 g/mol. The lowest BCUT2D eigenvalue weighted by Crippen LogP contribution is -2.17. The fourth-order valence-corrected chi connectivity index (χ4v) is 1.86. The summed E-state index contributed by atoms with van der Waals surface area (Å²) in [5, 5.41) is 17.0. The van der Waals surface area contributed by atoms with Gasteiger partial charge < -0.3 is 10.2 Å². The summed E-state index contributed by atoms with van der Waals surface area (Å²) in [6, 6.07) is 3.46. The first-order chi connectivity index (χ1) is 8.77. The van der Waals surface area contributed by atoms with E-state index in [1.54, 1.807) is 0 Å². The minimum Gasteiger partial charge on any atom is -0.479 e. The highest BCUT2D eigenvalue weighted by Crippen LogP contribution is 2.35. The molecule has 0 radical (unpaired) electrons. The van der Waals surface area contributed by atoms with Gasteiger partial charge in [-0.2, -0.15) is 0 Å². The Kier molecular flexibility index (Phi) is 4.97. The molecule has 0 saturated carbocycles. The number of rotatable bonds is 5. The molecule has 1 rings (SSSR count). The Morgan fingerprint density at radius 2 is 1.79 bits per heavy atom. The number of carboxylic acids is 1. The summed E-state index contributed by atoms with van der Waals surface area (Å²) in [5.41, 5.74) is -1.30. The van der Waals surface area contributed by atoms with Crippen LogP contribution >= 0.6 is 11.6 Å².